The van der Waals surface area contributed by atoms with E-state index >= 15 is 0 Å². The molecule has 6 rings (SSSR count). The summed E-state index contributed by atoms with van der Waals surface area (Å²) in [7, 11) is 0. The highest BCUT2D eigenvalue weighted by molar-refractivity contribution is 6.10. The van der Waals surface area contributed by atoms with E-state index < -0.39 is 0 Å². The van der Waals surface area contributed by atoms with Crippen molar-refractivity contribution in [1.82, 2.24) is 9.55 Å². The topological polar surface area (TPSA) is 41.6 Å². The van der Waals surface area contributed by atoms with E-state index in [0.717, 1.165) is 27.8 Å². The normalized spacial score (nSPS) is 11.1. The summed E-state index contributed by atoms with van der Waals surface area (Å²) >= 11 is 0. The Morgan fingerprint density at radius 1 is 0.686 bits per heavy atom. The van der Waals surface area contributed by atoms with Gasteiger partial charge in [-0.25, -0.2) is 0 Å². The Labute approximate surface area is 204 Å². The summed E-state index contributed by atoms with van der Waals surface area (Å²) in [5, 5.41) is 12.2. The highest BCUT2D eigenvalue weighted by atomic mass is 15.0. The van der Waals surface area contributed by atoms with Crippen LogP contribution in [0.2, 0.25) is 0 Å². The molecule has 2 heterocycles. The third-order valence-electron chi connectivity index (χ3n) is 6.69. The van der Waals surface area contributed by atoms with Crippen LogP contribution < -0.4 is 0 Å². The molecule has 0 fully saturated rings. The highest BCUT2D eigenvalue weighted by Crippen LogP contribution is 2.36. The van der Waals surface area contributed by atoms with Crippen molar-refractivity contribution in [3.63, 3.8) is 0 Å². The number of rotatable bonds is 3. The van der Waals surface area contributed by atoms with E-state index in [9.17, 15) is 5.26 Å². The second kappa shape index (κ2) is 8.27. The molecule has 0 unspecified atom stereocenters. The number of nitrogens with zero attached hydrogens (tertiary/aromatic N) is 3. The largest absolute Gasteiger partial charge is 0.309 e. The number of aryl methyl sites for hydroxylation is 2. The molecule has 0 amide bonds. The highest BCUT2D eigenvalue weighted by Gasteiger charge is 2.15. The van der Waals surface area contributed by atoms with Crippen LogP contribution in [0.4, 0.5) is 0 Å². The van der Waals surface area contributed by atoms with Crippen molar-refractivity contribution in [1.29, 1.82) is 5.26 Å². The predicted octanol–water partition coefficient (Wildman–Crippen LogP) is 8.00. The number of benzene rings is 4. The minimum Gasteiger partial charge on any atom is -0.309 e. The predicted molar refractivity (Wildman–Crippen MR) is 144 cm³/mol. The molecule has 6 aromatic rings. The van der Waals surface area contributed by atoms with Gasteiger partial charge in [-0.05, 0) is 84.1 Å². The van der Waals surface area contributed by atoms with Gasteiger partial charge in [-0.2, -0.15) is 5.26 Å². The molecule has 2 aromatic heterocycles. The van der Waals surface area contributed by atoms with Gasteiger partial charge in [-0.3, -0.25) is 4.98 Å². The van der Waals surface area contributed by atoms with Gasteiger partial charge >= 0.3 is 0 Å². The molecular weight excluding hydrogens is 426 g/mol. The van der Waals surface area contributed by atoms with Crippen LogP contribution in [0.5, 0.6) is 0 Å². The summed E-state index contributed by atoms with van der Waals surface area (Å²) in [6.45, 7) is 4.29. The van der Waals surface area contributed by atoms with Crippen LogP contribution in [0.1, 0.15) is 16.7 Å². The molecule has 0 spiro atoms. The van der Waals surface area contributed by atoms with Crippen molar-refractivity contribution in [3.8, 4) is 34.0 Å². The van der Waals surface area contributed by atoms with E-state index in [1.165, 1.54) is 33.0 Å². The molecule has 0 aliphatic carbocycles. The van der Waals surface area contributed by atoms with Crippen LogP contribution in [-0.2, 0) is 0 Å². The minimum absolute atomic E-state index is 0.630. The Morgan fingerprint density at radius 3 is 2.29 bits per heavy atom. The molecule has 4 aromatic carbocycles. The number of aromatic nitrogens is 2. The maximum absolute atomic E-state index is 9.83. The molecule has 0 N–H and O–H groups in total. The lowest BCUT2D eigenvalue weighted by Crippen LogP contribution is -1.96. The number of para-hydroxylation sites is 1. The fraction of sp³-hybridized carbons (Fsp3) is 0.0625. The number of nitriles is 1. The second-order valence-corrected chi connectivity index (χ2v) is 9.02. The fourth-order valence-electron chi connectivity index (χ4n) is 5.07. The number of hydrogen-bond acceptors (Lipinski definition) is 2. The molecule has 0 aliphatic heterocycles. The van der Waals surface area contributed by atoms with E-state index in [1.807, 2.05) is 24.3 Å². The van der Waals surface area contributed by atoms with Crippen molar-refractivity contribution < 1.29 is 0 Å². The van der Waals surface area contributed by atoms with Crippen LogP contribution in [-0.4, -0.2) is 9.55 Å². The Kier molecular flexibility index (Phi) is 4.94. The maximum atomic E-state index is 9.83. The Morgan fingerprint density at radius 2 is 1.49 bits per heavy atom. The van der Waals surface area contributed by atoms with Crippen LogP contribution in [0.3, 0.4) is 0 Å². The van der Waals surface area contributed by atoms with Crippen molar-refractivity contribution in [2.75, 3.05) is 0 Å². The lowest BCUT2D eigenvalue weighted by atomic mass is 9.97. The first kappa shape index (κ1) is 20.9. The standard InChI is InChI=1S/C32H23N3/c1-21-7-9-28(22(2)15-21)25-8-10-30-29-5-3-4-6-31(29)35(32(30)19-25)27-17-23(20-33)16-26(18-27)24-11-13-34-14-12-24/h3-19H,1-2H3. The van der Waals surface area contributed by atoms with Gasteiger partial charge in [0.2, 0.25) is 0 Å². The zero-order valence-corrected chi connectivity index (χ0v) is 19.7. The number of hydrogen-bond donors (Lipinski definition) is 0. The Hall–Kier alpha value is -4.68. The molecule has 0 radical (unpaired) electrons. The van der Waals surface area contributed by atoms with Gasteiger partial charge in [-0.1, -0.05) is 54.1 Å². The van der Waals surface area contributed by atoms with Gasteiger partial charge in [0.05, 0.1) is 22.7 Å². The monoisotopic (exact) mass is 449 g/mol. The van der Waals surface area contributed by atoms with Crippen LogP contribution in [0, 0.1) is 25.2 Å². The average Bonchev–Trinajstić information content (AvgIpc) is 3.22. The summed E-state index contributed by atoms with van der Waals surface area (Å²) in [6, 6.07) is 34.2. The van der Waals surface area contributed by atoms with Crippen molar-refractivity contribution in [2.45, 2.75) is 13.8 Å². The third kappa shape index (κ3) is 3.57. The fourth-order valence-corrected chi connectivity index (χ4v) is 5.07. The van der Waals surface area contributed by atoms with Gasteiger partial charge in [0.1, 0.15) is 0 Å². The molecule has 0 bridgehead atoms. The number of pyridine rings is 1. The molecule has 166 valence electrons. The van der Waals surface area contributed by atoms with Crippen molar-refractivity contribution in [3.05, 3.63) is 120 Å². The van der Waals surface area contributed by atoms with Gasteiger partial charge in [-0.15, -0.1) is 0 Å². The Bertz CT molecular complexity index is 1770. The van der Waals surface area contributed by atoms with Gasteiger partial charge in [0, 0.05) is 28.9 Å². The molecule has 0 aliphatic rings. The molecule has 0 saturated carbocycles. The summed E-state index contributed by atoms with van der Waals surface area (Å²) in [4.78, 5) is 4.15. The van der Waals surface area contributed by atoms with E-state index in [2.05, 4.69) is 96.2 Å². The van der Waals surface area contributed by atoms with Crippen molar-refractivity contribution >= 4 is 21.8 Å². The summed E-state index contributed by atoms with van der Waals surface area (Å²) in [6.07, 6.45) is 3.56. The van der Waals surface area contributed by atoms with E-state index in [-0.39, 0.29) is 0 Å². The first-order valence-electron chi connectivity index (χ1n) is 11.7. The molecule has 0 atom stereocenters. The molecule has 0 saturated heterocycles. The lowest BCUT2D eigenvalue weighted by Gasteiger charge is -2.13. The average molecular weight is 450 g/mol. The SMILES string of the molecule is Cc1ccc(-c2ccc3c4ccccc4n(-c4cc(C#N)cc(-c5ccncc5)c4)c3c2)c(C)c1. The minimum atomic E-state index is 0.630. The van der Waals surface area contributed by atoms with E-state index in [0.29, 0.717) is 5.56 Å². The lowest BCUT2D eigenvalue weighted by molar-refractivity contribution is 1.18. The van der Waals surface area contributed by atoms with Crippen molar-refractivity contribution in [2.24, 2.45) is 0 Å². The van der Waals surface area contributed by atoms with E-state index in [1.54, 1.807) is 12.4 Å². The van der Waals surface area contributed by atoms with E-state index in [4.69, 9.17) is 0 Å². The van der Waals surface area contributed by atoms with Crippen LogP contribution in [0.25, 0.3) is 49.7 Å². The van der Waals surface area contributed by atoms with Gasteiger partial charge < -0.3 is 4.57 Å². The molecular formula is C32H23N3. The summed E-state index contributed by atoms with van der Waals surface area (Å²) in [5.41, 5.74) is 10.8. The summed E-state index contributed by atoms with van der Waals surface area (Å²) in [5.74, 6) is 0. The zero-order valence-electron chi connectivity index (χ0n) is 19.7. The molecule has 3 heteroatoms. The van der Waals surface area contributed by atoms with Crippen LogP contribution >= 0.6 is 0 Å². The molecule has 3 nitrogen and oxygen atoms in total. The first-order chi connectivity index (χ1) is 17.1. The summed E-state index contributed by atoms with van der Waals surface area (Å²) < 4.78 is 2.28. The third-order valence-corrected chi connectivity index (χ3v) is 6.69. The first-order valence-corrected chi connectivity index (χ1v) is 11.7. The van der Waals surface area contributed by atoms with Gasteiger partial charge in [0.25, 0.3) is 0 Å². The quantitative estimate of drug-likeness (QED) is 0.275. The smallest absolute Gasteiger partial charge is 0.0992 e. The zero-order chi connectivity index (χ0) is 23.9. The molecule has 35 heavy (non-hydrogen) atoms. The Balaban J connectivity index is 1.66. The van der Waals surface area contributed by atoms with Gasteiger partial charge in [0.15, 0.2) is 0 Å². The maximum Gasteiger partial charge on any atom is 0.0992 e. The number of fused-ring (bicyclic) bond motifs is 3. The van der Waals surface area contributed by atoms with Crippen LogP contribution in [0.15, 0.2) is 103 Å². The second-order valence-electron chi connectivity index (χ2n) is 9.02.